The number of hydrogen-bond acceptors (Lipinski definition) is 4. The first kappa shape index (κ1) is 20.7. The molecular formula is C19H35N3O2. The SMILES string of the molecule is CCCCNCC(CC)(CC)C(C)NC(=O)c1noc(CC)c1C. The monoisotopic (exact) mass is 337 g/mol. The van der Waals surface area contributed by atoms with Gasteiger partial charge >= 0.3 is 0 Å². The summed E-state index contributed by atoms with van der Waals surface area (Å²) in [6.45, 7) is 14.5. The van der Waals surface area contributed by atoms with Gasteiger partial charge in [0.15, 0.2) is 5.69 Å². The van der Waals surface area contributed by atoms with Crippen molar-refractivity contribution in [3.63, 3.8) is 0 Å². The minimum absolute atomic E-state index is 0.0502. The molecule has 5 heteroatoms. The minimum atomic E-state index is -0.136. The average molecular weight is 338 g/mol. The maximum atomic E-state index is 12.6. The second-order valence-corrected chi connectivity index (χ2v) is 6.73. The van der Waals surface area contributed by atoms with Crippen molar-refractivity contribution in [3.8, 4) is 0 Å². The molecule has 0 spiro atoms. The molecule has 1 aromatic heterocycles. The van der Waals surface area contributed by atoms with Gasteiger partial charge in [-0.3, -0.25) is 4.79 Å². The molecule has 0 aromatic carbocycles. The molecule has 0 radical (unpaired) electrons. The predicted octanol–water partition coefficient (Wildman–Crippen LogP) is 3.86. The minimum Gasteiger partial charge on any atom is -0.360 e. The third kappa shape index (κ3) is 4.82. The molecular weight excluding hydrogens is 302 g/mol. The van der Waals surface area contributed by atoms with Crippen molar-refractivity contribution >= 4 is 5.91 Å². The van der Waals surface area contributed by atoms with Gasteiger partial charge in [0.1, 0.15) is 5.76 Å². The number of amides is 1. The number of nitrogens with zero attached hydrogens (tertiary/aromatic N) is 1. The van der Waals surface area contributed by atoms with Gasteiger partial charge < -0.3 is 15.2 Å². The lowest BCUT2D eigenvalue weighted by atomic mass is 9.76. The third-order valence-electron chi connectivity index (χ3n) is 5.42. The van der Waals surface area contributed by atoms with Crippen LogP contribution in [0.1, 0.15) is 82.1 Å². The Bertz CT molecular complexity index is 507. The van der Waals surface area contributed by atoms with Crippen LogP contribution >= 0.6 is 0 Å². The zero-order valence-corrected chi connectivity index (χ0v) is 16.3. The van der Waals surface area contributed by atoms with Crippen molar-refractivity contribution in [2.75, 3.05) is 13.1 Å². The van der Waals surface area contributed by atoms with E-state index in [9.17, 15) is 4.79 Å². The molecule has 2 N–H and O–H groups in total. The van der Waals surface area contributed by atoms with Crippen molar-refractivity contribution in [1.29, 1.82) is 0 Å². The first-order valence-electron chi connectivity index (χ1n) is 9.42. The standard InChI is InChI=1S/C19H35N3O2/c1-7-11-12-20-13-19(9-3,10-4)15(6)21-18(23)17-14(5)16(8-2)24-22-17/h15,20H,7-13H2,1-6H3,(H,21,23). The molecule has 0 saturated carbocycles. The van der Waals surface area contributed by atoms with Crippen molar-refractivity contribution in [2.24, 2.45) is 5.41 Å². The molecule has 0 fully saturated rings. The maximum Gasteiger partial charge on any atom is 0.273 e. The molecule has 1 heterocycles. The summed E-state index contributed by atoms with van der Waals surface area (Å²) in [4.78, 5) is 12.6. The highest BCUT2D eigenvalue weighted by molar-refractivity contribution is 5.93. The molecule has 0 aliphatic heterocycles. The van der Waals surface area contributed by atoms with Crippen LogP contribution < -0.4 is 10.6 Å². The number of carbonyl (C=O) groups excluding carboxylic acids is 1. The van der Waals surface area contributed by atoms with Crippen molar-refractivity contribution in [3.05, 3.63) is 17.0 Å². The van der Waals surface area contributed by atoms with Crippen molar-refractivity contribution in [2.45, 2.75) is 79.7 Å². The zero-order chi connectivity index (χ0) is 18.2. The summed E-state index contributed by atoms with van der Waals surface area (Å²) in [5.41, 5.74) is 1.31. The van der Waals surface area contributed by atoms with Crippen molar-refractivity contribution < 1.29 is 9.32 Å². The smallest absolute Gasteiger partial charge is 0.273 e. The highest BCUT2D eigenvalue weighted by Crippen LogP contribution is 2.30. The Morgan fingerprint density at radius 1 is 1.25 bits per heavy atom. The molecule has 138 valence electrons. The number of hydrogen-bond donors (Lipinski definition) is 2. The van der Waals surface area contributed by atoms with Gasteiger partial charge in [0.25, 0.3) is 5.91 Å². The number of nitrogens with one attached hydrogen (secondary N) is 2. The zero-order valence-electron chi connectivity index (χ0n) is 16.3. The molecule has 1 atom stereocenters. The first-order valence-corrected chi connectivity index (χ1v) is 9.42. The number of carbonyl (C=O) groups is 1. The van der Waals surface area contributed by atoms with Crippen LogP contribution in [0.15, 0.2) is 4.52 Å². The second-order valence-electron chi connectivity index (χ2n) is 6.73. The van der Waals surface area contributed by atoms with Crippen LogP contribution in [0.4, 0.5) is 0 Å². The lowest BCUT2D eigenvalue weighted by molar-refractivity contribution is 0.0863. The van der Waals surface area contributed by atoms with E-state index in [1.54, 1.807) is 0 Å². The Labute approximate surface area is 146 Å². The van der Waals surface area contributed by atoms with Crippen LogP contribution in [0.2, 0.25) is 0 Å². The van der Waals surface area contributed by atoms with Crippen LogP contribution in [0.3, 0.4) is 0 Å². The van der Waals surface area contributed by atoms with Gasteiger partial charge in [0, 0.05) is 30.0 Å². The van der Waals surface area contributed by atoms with Crippen molar-refractivity contribution in [1.82, 2.24) is 15.8 Å². The fourth-order valence-electron chi connectivity index (χ4n) is 3.23. The topological polar surface area (TPSA) is 67.2 Å². The Balaban J connectivity index is 2.77. The van der Waals surface area contributed by atoms with E-state index in [0.29, 0.717) is 5.69 Å². The van der Waals surface area contributed by atoms with Gasteiger partial charge in [0.05, 0.1) is 0 Å². The molecule has 0 bridgehead atoms. The molecule has 1 unspecified atom stereocenters. The highest BCUT2D eigenvalue weighted by Gasteiger charge is 2.34. The Hall–Kier alpha value is -1.36. The summed E-state index contributed by atoms with van der Waals surface area (Å²) < 4.78 is 5.25. The molecule has 1 amide bonds. The summed E-state index contributed by atoms with van der Waals surface area (Å²) >= 11 is 0. The van der Waals surface area contributed by atoms with E-state index in [4.69, 9.17) is 4.52 Å². The van der Waals surface area contributed by atoms with Crippen LogP contribution in [-0.4, -0.2) is 30.2 Å². The summed E-state index contributed by atoms with van der Waals surface area (Å²) in [6.07, 6.45) is 5.15. The Morgan fingerprint density at radius 2 is 1.92 bits per heavy atom. The number of unbranched alkanes of at least 4 members (excludes halogenated alkanes) is 1. The average Bonchev–Trinajstić information content (AvgIpc) is 2.96. The van der Waals surface area contributed by atoms with Gasteiger partial charge in [-0.25, -0.2) is 0 Å². The van der Waals surface area contributed by atoms with E-state index in [1.165, 1.54) is 12.8 Å². The lowest BCUT2D eigenvalue weighted by Crippen LogP contribution is -2.50. The van der Waals surface area contributed by atoms with E-state index in [1.807, 2.05) is 13.8 Å². The molecule has 0 aliphatic carbocycles. The van der Waals surface area contributed by atoms with E-state index in [0.717, 1.165) is 43.7 Å². The first-order chi connectivity index (χ1) is 11.5. The van der Waals surface area contributed by atoms with Crippen LogP contribution in [0.25, 0.3) is 0 Å². The van der Waals surface area contributed by atoms with Gasteiger partial charge in [-0.15, -0.1) is 0 Å². The molecule has 0 saturated heterocycles. The summed E-state index contributed by atoms with van der Waals surface area (Å²) in [5, 5.41) is 10.7. The van der Waals surface area contributed by atoms with Gasteiger partial charge in [-0.1, -0.05) is 39.3 Å². The number of rotatable bonds is 11. The van der Waals surface area contributed by atoms with E-state index < -0.39 is 0 Å². The molecule has 1 rings (SSSR count). The van der Waals surface area contributed by atoms with E-state index in [-0.39, 0.29) is 17.4 Å². The quantitative estimate of drug-likeness (QED) is 0.602. The highest BCUT2D eigenvalue weighted by atomic mass is 16.5. The fraction of sp³-hybridized carbons (Fsp3) is 0.789. The second kappa shape index (κ2) is 9.82. The van der Waals surface area contributed by atoms with E-state index in [2.05, 4.69) is 43.5 Å². The molecule has 1 aromatic rings. The maximum absolute atomic E-state index is 12.6. The lowest BCUT2D eigenvalue weighted by Gasteiger charge is -2.38. The largest absolute Gasteiger partial charge is 0.360 e. The molecule has 0 aliphatic rings. The predicted molar refractivity (Wildman–Crippen MR) is 98.3 cm³/mol. The Kier molecular flexibility index (Phi) is 8.46. The summed E-state index contributed by atoms with van der Waals surface area (Å²) in [7, 11) is 0. The van der Waals surface area contributed by atoms with Crippen LogP contribution in [0, 0.1) is 12.3 Å². The summed E-state index contributed by atoms with van der Waals surface area (Å²) in [5.74, 6) is 0.648. The number of aryl methyl sites for hydroxylation is 1. The fourth-order valence-corrected chi connectivity index (χ4v) is 3.23. The molecule has 5 nitrogen and oxygen atoms in total. The number of aromatic nitrogens is 1. The van der Waals surface area contributed by atoms with Crippen LogP contribution in [0.5, 0.6) is 0 Å². The van der Waals surface area contributed by atoms with Gasteiger partial charge in [-0.2, -0.15) is 0 Å². The third-order valence-corrected chi connectivity index (χ3v) is 5.42. The normalized spacial score (nSPS) is 13.1. The summed E-state index contributed by atoms with van der Waals surface area (Å²) in [6, 6.07) is 0.0651. The van der Waals surface area contributed by atoms with E-state index >= 15 is 0 Å². The van der Waals surface area contributed by atoms with Gasteiger partial charge in [-0.05, 0) is 39.7 Å². The Morgan fingerprint density at radius 3 is 2.42 bits per heavy atom. The van der Waals surface area contributed by atoms with Crippen LogP contribution in [-0.2, 0) is 6.42 Å². The van der Waals surface area contributed by atoms with Gasteiger partial charge in [0.2, 0.25) is 0 Å². The molecule has 24 heavy (non-hydrogen) atoms.